The van der Waals surface area contributed by atoms with Gasteiger partial charge in [0.15, 0.2) is 0 Å². The van der Waals surface area contributed by atoms with Crippen molar-refractivity contribution in [1.29, 1.82) is 0 Å². The Hall–Kier alpha value is -2.07. The van der Waals surface area contributed by atoms with Crippen LogP contribution in [0.15, 0.2) is 33.9 Å². The minimum atomic E-state index is -3.31. The number of amides is 1. The van der Waals surface area contributed by atoms with Crippen LogP contribution in [0.25, 0.3) is 11.5 Å². The molecule has 0 atom stereocenters. The van der Waals surface area contributed by atoms with Crippen LogP contribution in [-0.4, -0.2) is 42.1 Å². The summed E-state index contributed by atoms with van der Waals surface area (Å²) >= 11 is 1.20. The number of carbonyl (C=O) groups is 1. The number of hydrogen-bond donors (Lipinski definition) is 2. The lowest BCUT2D eigenvalue weighted by Gasteiger charge is -2.10. The van der Waals surface area contributed by atoms with Gasteiger partial charge in [-0.05, 0) is 44.0 Å². The molecule has 0 spiro atoms. The molecule has 1 heterocycles. The molecule has 0 saturated heterocycles. The standard InChI is InChI=1S/C17H22N4O4S2/c1-2-27(23,24)21-14-9-7-12(8-10-14)16-19-20-17(25-16)26-11-15(22)18-13-5-3-4-6-13/h7-10,13,21H,2-6,11H2,1H3,(H,18,22). The molecule has 0 radical (unpaired) electrons. The summed E-state index contributed by atoms with van der Waals surface area (Å²) in [6.07, 6.45) is 4.44. The van der Waals surface area contributed by atoms with E-state index < -0.39 is 10.0 Å². The zero-order valence-corrected chi connectivity index (χ0v) is 16.6. The van der Waals surface area contributed by atoms with Crippen LogP contribution in [0.4, 0.5) is 5.69 Å². The van der Waals surface area contributed by atoms with E-state index in [0.29, 0.717) is 28.4 Å². The van der Waals surface area contributed by atoms with Gasteiger partial charge >= 0.3 is 0 Å². The summed E-state index contributed by atoms with van der Waals surface area (Å²) in [6.45, 7) is 1.57. The van der Waals surface area contributed by atoms with Crippen molar-refractivity contribution in [3.63, 3.8) is 0 Å². The highest BCUT2D eigenvalue weighted by atomic mass is 32.2. The molecule has 1 aromatic heterocycles. The number of hydrogen-bond acceptors (Lipinski definition) is 7. The first-order chi connectivity index (χ1) is 12.9. The summed E-state index contributed by atoms with van der Waals surface area (Å²) < 4.78 is 31.2. The Bertz CT molecular complexity index is 875. The third kappa shape index (κ3) is 5.70. The van der Waals surface area contributed by atoms with E-state index in [-0.39, 0.29) is 17.4 Å². The number of nitrogens with one attached hydrogen (secondary N) is 2. The van der Waals surface area contributed by atoms with Crippen LogP contribution in [0.3, 0.4) is 0 Å². The van der Waals surface area contributed by atoms with Crippen molar-refractivity contribution in [2.75, 3.05) is 16.2 Å². The fraction of sp³-hybridized carbons (Fsp3) is 0.471. The Labute approximate surface area is 162 Å². The Morgan fingerprint density at radius 1 is 1.22 bits per heavy atom. The molecule has 1 amide bonds. The summed E-state index contributed by atoms with van der Waals surface area (Å²) in [7, 11) is -3.31. The van der Waals surface area contributed by atoms with Crippen molar-refractivity contribution in [3.05, 3.63) is 24.3 Å². The summed E-state index contributed by atoms with van der Waals surface area (Å²) in [5.74, 6) is 0.529. The van der Waals surface area contributed by atoms with E-state index in [1.165, 1.54) is 24.6 Å². The van der Waals surface area contributed by atoms with Crippen molar-refractivity contribution in [2.45, 2.75) is 43.9 Å². The minimum absolute atomic E-state index is 0.00726. The lowest BCUT2D eigenvalue weighted by atomic mass is 10.2. The number of rotatable bonds is 8. The quantitative estimate of drug-likeness (QED) is 0.643. The highest BCUT2D eigenvalue weighted by molar-refractivity contribution is 7.99. The summed E-state index contributed by atoms with van der Waals surface area (Å²) in [5, 5.41) is 11.3. The van der Waals surface area contributed by atoms with Crippen molar-refractivity contribution in [3.8, 4) is 11.5 Å². The maximum Gasteiger partial charge on any atom is 0.277 e. The highest BCUT2D eigenvalue weighted by Crippen LogP contribution is 2.25. The number of aromatic nitrogens is 2. The largest absolute Gasteiger partial charge is 0.411 e. The molecule has 10 heteroatoms. The lowest BCUT2D eigenvalue weighted by molar-refractivity contribution is -0.119. The van der Waals surface area contributed by atoms with Crippen molar-refractivity contribution >= 4 is 33.4 Å². The number of benzene rings is 1. The van der Waals surface area contributed by atoms with Gasteiger partial charge in [0.1, 0.15) is 0 Å². The topological polar surface area (TPSA) is 114 Å². The Kier molecular flexibility index (Phi) is 6.38. The third-order valence-corrected chi connectivity index (χ3v) is 6.36. The zero-order chi connectivity index (χ0) is 19.3. The average Bonchev–Trinajstić information content (AvgIpc) is 3.32. The lowest BCUT2D eigenvalue weighted by Crippen LogP contribution is -2.33. The van der Waals surface area contributed by atoms with Gasteiger partial charge in [0.25, 0.3) is 5.22 Å². The number of sulfonamides is 1. The summed E-state index contributed by atoms with van der Waals surface area (Å²) in [6, 6.07) is 6.95. The van der Waals surface area contributed by atoms with Gasteiger partial charge < -0.3 is 9.73 Å². The molecule has 0 unspecified atom stereocenters. The van der Waals surface area contributed by atoms with Crippen LogP contribution in [0.1, 0.15) is 32.6 Å². The second kappa shape index (κ2) is 8.75. The monoisotopic (exact) mass is 410 g/mol. The molecular formula is C17H22N4O4S2. The second-order valence-corrected chi connectivity index (χ2v) is 9.23. The molecule has 1 aliphatic carbocycles. The molecule has 1 aliphatic rings. The first-order valence-electron chi connectivity index (χ1n) is 8.82. The smallest absolute Gasteiger partial charge is 0.277 e. The average molecular weight is 411 g/mol. The maximum absolute atomic E-state index is 11.9. The normalized spacial score (nSPS) is 15.0. The molecule has 1 fully saturated rings. The third-order valence-electron chi connectivity index (χ3n) is 4.24. The van der Waals surface area contributed by atoms with Crippen molar-refractivity contribution in [2.24, 2.45) is 0 Å². The van der Waals surface area contributed by atoms with E-state index in [1.807, 2.05) is 0 Å². The van der Waals surface area contributed by atoms with E-state index in [4.69, 9.17) is 4.42 Å². The van der Waals surface area contributed by atoms with Gasteiger partial charge in [-0.15, -0.1) is 10.2 Å². The summed E-state index contributed by atoms with van der Waals surface area (Å²) in [4.78, 5) is 11.9. The Morgan fingerprint density at radius 2 is 1.93 bits per heavy atom. The van der Waals surface area contributed by atoms with Crippen molar-refractivity contribution < 1.29 is 17.6 Å². The second-order valence-electron chi connectivity index (χ2n) is 6.29. The van der Waals surface area contributed by atoms with Crippen molar-refractivity contribution in [1.82, 2.24) is 15.5 Å². The van der Waals surface area contributed by atoms with E-state index >= 15 is 0 Å². The van der Waals surface area contributed by atoms with Crippen LogP contribution in [0, 0.1) is 0 Å². The first kappa shape index (κ1) is 19.7. The van der Waals surface area contributed by atoms with Gasteiger partial charge in [-0.2, -0.15) is 0 Å². The fourth-order valence-electron chi connectivity index (χ4n) is 2.78. The zero-order valence-electron chi connectivity index (χ0n) is 15.0. The molecule has 27 heavy (non-hydrogen) atoms. The number of thioether (sulfide) groups is 1. The first-order valence-corrected chi connectivity index (χ1v) is 11.5. The molecule has 0 bridgehead atoms. The van der Waals surface area contributed by atoms with Gasteiger partial charge in [0.2, 0.25) is 21.8 Å². The van der Waals surface area contributed by atoms with Crippen LogP contribution < -0.4 is 10.0 Å². The Morgan fingerprint density at radius 3 is 2.59 bits per heavy atom. The number of carbonyl (C=O) groups excluding carboxylic acids is 1. The van der Waals surface area contributed by atoms with Gasteiger partial charge in [-0.3, -0.25) is 9.52 Å². The van der Waals surface area contributed by atoms with E-state index in [0.717, 1.165) is 12.8 Å². The predicted molar refractivity (Wildman–Crippen MR) is 104 cm³/mol. The number of nitrogens with zero attached hydrogens (tertiary/aromatic N) is 2. The van der Waals surface area contributed by atoms with E-state index in [9.17, 15) is 13.2 Å². The predicted octanol–water partition coefficient (Wildman–Crippen LogP) is 2.65. The maximum atomic E-state index is 11.9. The Balaban J connectivity index is 1.54. The molecule has 8 nitrogen and oxygen atoms in total. The van der Waals surface area contributed by atoms with Crippen LogP contribution in [0.2, 0.25) is 0 Å². The molecule has 146 valence electrons. The molecule has 2 aromatic rings. The van der Waals surface area contributed by atoms with Gasteiger partial charge in [-0.1, -0.05) is 24.6 Å². The van der Waals surface area contributed by atoms with Crippen LogP contribution in [-0.2, 0) is 14.8 Å². The fourth-order valence-corrected chi connectivity index (χ4v) is 4.00. The van der Waals surface area contributed by atoms with Crippen LogP contribution in [0.5, 0.6) is 0 Å². The highest BCUT2D eigenvalue weighted by Gasteiger charge is 2.18. The van der Waals surface area contributed by atoms with E-state index in [1.54, 1.807) is 31.2 Å². The van der Waals surface area contributed by atoms with E-state index in [2.05, 4.69) is 20.2 Å². The molecule has 1 saturated carbocycles. The van der Waals surface area contributed by atoms with Crippen LogP contribution >= 0.6 is 11.8 Å². The SMILES string of the molecule is CCS(=O)(=O)Nc1ccc(-c2nnc(SCC(=O)NC3CCCC3)o2)cc1. The minimum Gasteiger partial charge on any atom is -0.411 e. The summed E-state index contributed by atoms with van der Waals surface area (Å²) in [5.41, 5.74) is 1.14. The van der Waals surface area contributed by atoms with Gasteiger partial charge in [0.05, 0.1) is 11.5 Å². The molecule has 0 aliphatic heterocycles. The molecule has 2 N–H and O–H groups in total. The molecule has 3 rings (SSSR count). The number of anilines is 1. The molecular weight excluding hydrogens is 388 g/mol. The molecule has 1 aromatic carbocycles. The van der Waals surface area contributed by atoms with Gasteiger partial charge in [-0.25, -0.2) is 8.42 Å². The van der Waals surface area contributed by atoms with Gasteiger partial charge in [0, 0.05) is 17.3 Å².